The molecule has 250 valence electrons. The summed E-state index contributed by atoms with van der Waals surface area (Å²) in [7, 11) is -3.63. The van der Waals surface area contributed by atoms with E-state index in [1.165, 1.54) is 44.5 Å². The molecule has 0 bridgehead atoms. The van der Waals surface area contributed by atoms with Gasteiger partial charge in [-0.3, -0.25) is 0 Å². The van der Waals surface area contributed by atoms with Crippen molar-refractivity contribution in [3.8, 4) is 55.6 Å². The van der Waals surface area contributed by atoms with Gasteiger partial charge in [-0.05, 0) is 96.3 Å². The van der Waals surface area contributed by atoms with Gasteiger partial charge in [-0.2, -0.15) is 0 Å². The summed E-state index contributed by atoms with van der Waals surface area (Å²) in [5.41, 5.74) is 15.8. The molecule has 0 amide bonds. The molecule has 1 aliphatic heterocycles. The second-order valence-corrected chi connectivity index (χ2v) is 18.5. The van der Waals surface area contributed by atoms with Gasteiger partial charge in [-0.25, -0.2) is 8.42 Å². The lowest BCUT2D eigenvalue weighted by atomic mass is 9.76. The van der Waals surface area contributed by atoms with Gasteiger partial charge in [0.25, 0.3) is 0 Å². The quantitative estimate of drug-likeness (QED) is 0.187. The molecule has 6 aromatic carbocycles. The van der Waals surface area contributed by atoms with E-state index in [0.717, 1.165) is 33.4 Å². The molecular weight excluding hydrogens is 629 g/mol. The monoisotopic (exact) mass is 672 g/mol. The van der Waals surface area contributed by atoms with Gasteiger partial charge in [0.05, 0.1) is 9.79 Å². The van der Waals surface area contributed by atoms with E-state index in [0.29, 0.717) is 9.79 Å². The number of sulfone groups is 1. The molecule has 0 unspecified atom stereocenters. The summed E-state index contributed by atoms with van der Waals surface area (Å²) >= 11 is 0. The highest BCUT2D eigenvalue weighted by Gasteiger charge is 2.39. The second kappa shape index (κ2) is 10.9. The molecule has 0 saturated heterocycles. The summed E-state index contributed by atoms with van der Waals surface area (Å²) in [6.07, 6.45) is 0. The zero-order valence-corrected chi connectivity index (χ0v) is 31.1. The SMILES string of the molecule is CC(C)(C)c1ccc2c(c1)C(C)(C)c1cc(C(C)(C)C)cc(-c3cccc(-c4cccc(-c5cccc6c5S(=O)(=O)c5ccccc5-6)c4)c3)c1-2. The Hall–Kier alpha value is -4.73. The molecule has 50 heavy (non-hydrogen) atoms. The third-order valence-corrected chi connectivity index (χ3v) is 12.8. The molecular formula is C47H44O2S. The molecule has 6 aromatic rings. The molecule has 8 rings (SSSR count). The lowest BCUT2D eigenvalue weighted by Crippen LogP contribution is -2.19. The molecule has 1 aliphatic carbocycles. The highest BCUT2D eigenvalue weighted by atomic mass is 32.2. The largest absolute Gasteiger partial charge is 0.218 e. The van der Waals surface area contributed by atoms with Gasteiger partial charge in [0.1, 0.15) is 0 Å². The molecule has 0 saturated carbocycles. The maximum absolute atomic E-state index is 13.8. The van der Waals surface area contributed by atoms with Gasteiger partial charge < -0.3 is 0 Å². The third-order valence-electron chi connectivity index (χ3n) is 10.9. The topological polar surface area (TPSA) is 34.1 Å². The minimum Gasteiger partial charge on any atom is -0.218 e. The number of hydrogen-bond donors (Lipinski definition) is 0. The Labute approximate surface area is 297 Å². The molecule has 2 nitrogen and oxygen atoms in total. The Morgan fingerprint density at radius 1 is 0.460 bits per heavy atom. The number of benzene rings is 6. The lowest BCUT2D eigenvalue weighted by Gasteiger charge is -2.27. The third kappa shape index (κ3) is 4.93. The average molecular weight is 673 g/mol. The molecule has 0 aromatic heterocycles. The normalized spacial score (nSPS) is 15.3. The van der Waals surface area contributed by atoms with Crippen molar-refractivity contribution in [2.45, 2.75) is 81.4 Å². The molecule has 0 fully saturated rings. The van der Waals surface area contributed by atoms with Crippen molar-refractivity contribution in [3.63, 3.8) is 0 Å². The van der Waals surface area contributed by atoms with Crippen molar-refractivity contribution in [1.29, 1.82) is 0 Å². The van der Waals surface area contributed by atoms with Crippen LogP contribution in [0.2, 0.25) is 0 Å². The standard InChI is InChI=1S/C47H44O2S/c1-45(2,3)33-22-23-38-40(27-33)47(7,8)41-28-34(46(4,5)6)26-39(43(38)41)32-17-12-15-30(25-32)29-14-11-16-31(24-29)35-19-13-20-37-36-18-9-10-21-42(36)50(48,49)44(35)37/h9-28H,1-8H3. The fourth-order valence-corrected chi connectivity index (χ4v) is 9.90. The van der Waals surface area contributed by atoms with Gasteiger partial charge in [0.2, 0.25) is 9.84 Å². The van der Waals surface area contributed by atoms with Crippen molar-refractivity contribution in [2.75, 3.05) is 0 Å². The fourth-order valence-electron chi connectivity index (χ4n) is 8.01. The zero-order chi connectivity index (χ0) is 35.4. The van der Waals surface area contributed by atoms with Gasteiger partial charge in [-0.1, -0.05) is 152 Å². The highest BCUT2D eigenvalue weighted by molar-refractivity contribution is 7.92. The number of fused-ring (bicyclic) bond motifs is 6. The molecule has 0 radical (unpaired) electrons. The second-order valence-electron chi connectivity index (χ2n) is 16.7. The van der Waals surface area contributed by atoms with Crippen LogP contribution in [0.3, 0.4) is 0 Å². The van der Waals surface area contributed by atoms with E-state index in [4.69, 9.17) is 0 Å². The van der Waals surface area contributed by atoms with Crippen LogP contribution in [0.5, 0.6) is 0 Å². The van der Waals surface area contributed by atoms with Crippen LogP contribution in [0.1, 0.15) is 77.6 Å². The van der Waals surface area contributed by atoms with Crippen LogP contribution in [0.15, 0.2) is 131 Å². The first-order valence-electron chi connectivity index (χ1n) is 17.6. The van der Waals surface area contributed by atoms with E-state index in [1.807, 2.05) is 42.5 Å². The van der Waals surface area contributed by atoms with Crippen LogP contribution in [-0.4, -0.2) is 8.42 Å². The van der Waals surface area contributed by atoms with Crippen molar-refractivity contribution in [2.24, 2.45) is 0 Å². The van der Waals surface area contributed by atoms with E-state index in [-0.39, 0.29) is 16.2 Å². The maximum Gasteiger partial charge on any atom is 0.208 e. The molecule has 3 heteroatoms. The molecule has 0 N–H and O–H groups in total. The van der Waals surface area contributed by atoms with Gasteiger partial charge in [0, 0.05) is 22.1 Å². The van der Waals surface area contributed by atoms with Crippen LogP contribution in [0, 0.1) is 0 Å². The van der Waals surface area contributed by atoms with E-state index in [2.05, 4.69) is 122 Å². The number of rotatable bonds is 3. The zero-order valence-electron chi connectivity index (χ0n) is 30.3. The Balaban J connectivity index is 1.28. The first-order valence-corrected chi connectivity index (χ1v) is 19.1. The Bertz CT molecular complexity index is 2480. The summed E-state index contributed by atoms with van der Waals surface area (Å²) in [6.45, 7) is 18.5. The summed E-state index contributed by atoms with van der Waals surface area (Å²) in [5.74, 6) is 0. The van der Waals surface area contributed by atoms with E-state index in [9.17, 15) is 8.42 Å². The number of hydrogen-bond acceptors (Lipinski definition) is 2. The minimum absolute atomic E-state index is 0.0207. The summed E-state index contributed by atoms with van der Waals surface area (Å²) in [6, 6.07) is 42.3. The maximum atomic E-state index is 13.8. The summed E-state index contributed by atoms with van der Waals surface area (Å²) in [4.78, 5) is 0.785. The van der Waals surface area contributed by atoms with Crippen LogP contribution < -0.4 is 0 Å². The van der Waals surface area contributed by atoms with E-state index >= 15 is 0 Å². The minimum atomic E-state index is -3.63. The van der Waals surface area contributed by atoms with Crippen molar-refractivity contribution >= 4 is 9.84 Å². The molecule has 0 spiro atoms. The average Bonchev–Trinajstić information content (AvgIpc) is 3.47. The fraction of sp³-hybridized carbons (Fsp3) is 0.234. The van der Waals surface area contributed by atoms with Crippen LogP contribution >= 0.6 is 0 Å². The Kier molecular flexibility index (Phi) is 7.07. The smallest absolute Gasteiger partial charge is 0.208 e. The van der Waals surface area contributed by atoms with Crippen molar-refractivity contribution in [3.05, 3.63) is 144 Å². The van der Waals surface area contributed by atoms with Gasteiger partial charge in [-0.15, -0.1) is 0 Å². The molecule has 1 heterocycles. The van der Waals surface area contributed by atoms with Crippen LogP contribution in [0.25, 0.3) is 55.6 Å². The first kappa shape index (κ1) is 32.5. The Morgan fingerprint density at radius 2 is 1.00 bits per heavy atom. The highest BCUT2D eigenvalue weighted by Crippen LogP contribution is 2.54. The predicted octanol–water partition coefficient (Wildman–Crippen LogP) is 12.4. The first-order chi connectivity index (χ1) is 23.6. The summed E-state index contributed by atoms with van der Waals surface area (Å²) < 4.78 is 27.6. The van der Waals surface area contributed by atoms with Crippen molar-refractivity contribution < 1.29 is 8.42 Å². The van der Waals surface area contributed by atoms with Gasteiger partial charge >= 0.3 is 0 Å². The van der Waals surface area contributed by atoms with Crippen LogP contribution in [-0.2, 0) is 26.1 Å². The van der Waals surface area contributed by atoms with Crippen molar-refractivity contribution in [1.82, 2.24) is 0 Å². The summed E-state index contributed by atoms with van der Waals surface area (Å²) in [5, 5.41) is 0. The Morgan fingerprint density at radius 3 is 1.66 bits per heavy atom. The molecule has 0 atom stereocenters. The van der Waals surface area contributed by atoms with E-state index in [1.54, 1.807) is 12.1 Å². The van der Waals surface area contributed by atoms with E-state index < -0.39 is 9.84 Å². The molecule has 2 aliphatic rings. The van der Waals surface area contributed by atoms with Crippen LogP contribution in [0.4, 0.5) is 0 Å². The predicted molar refractivity (Wildman–Crippen MR) is 209 cm³/mol. The van der Waals surface area contributed by atoms with Gasteiger partial charge in [0.15, 0.2) is 0 Å². The lowest BCUT2D eigenvalue weighted by molar-refractivity contribution is 0.580.